The molecule has 86 valence electrons. The fourth-order valence-electron chi connectivity index (χ4n) is 0.876. The topological polar surface area (TPSA) is 105 Å². The lowest BCUT2D eigenvalue weighted by Crippen LogP contribution is -2.51. The molecule has 0 aromatic heterocycles. The molecule has 0 aliphatic carbocycles. The van der Waals surface area contributed by atoms with Crippen LogP contribution >= 0.6 is 0 Å². The molecule has 15 heavy (non-hydrogen) atoms. The van der Waals surface area contributed by atoms with E-state index in [2.05, 4.69) is 5.32 Å². The molecule has 0 heterocycles. The van der Waals surface area contributed by atoms with Gasteiger partial charge in [-0.25, -0.2) is 5.84 Å². The van der Waals surface area contributed by atoms with Gasteiger partial charge >= 0.3 is 11.8 Å². The molecule has 7 nitrogen and oxygen atoms in total. The lowest BCUT2D eigenvalue weighted by molar-refractivity contribution is -0.141. The first-order valence-corrected chi connectivity index (χ1v) is 4.50. The van der Waals surface area contributed by atoms with Crippen molar-refractivity contribution in [1.29, 1.82) is 0 Å². The molecule has 3 amide bonds. The molecule has 0 spiro atoms. The van der Waals surface area contributed by atoms with Gasteiger partial charge in [0.15, 0.2) is 0 Å². The number of nitrogens with one attached hydrogen (secondary N) is 2. The normalized spacial score (nSPS) is 11.5. The lowest BCUT2D eigenvalue weighted by Gasteiger charge is -2.20. The third kappa shape index (κ3) is 3.94. The molecule has 0 bridgehead atoms. The summed E-state index contributed by atoms with van der Waals surface area (Å²) in [4.78, 5) is 34.7. The molecule has 4 N–H and O–H groups in total. The zero-order chi connectivity index (χ0) is 12.0. The van der Waals surface area contributed by atoms with Crippen LogP contribution in [0.25, 0.3) is 0 Å². The molecule has 0 saturated heterocycles. The molecular formula is C8H16N4O3. The lowest BCUT2D eigenvalue weighted by atomic mass is 10.3. The number of carbonyl (C=O) groups is 3. The van der Waals surface area contributed by atoms with E-state index in [0.717, 1.165) is 0 Å². The van der Waals surface area contributed by atoms with Gasteiger partial charge in [-0.3, -0.25) is 19.8 Å². The number of nitrogens with two attached hydrogens (primary N) is 1. The maximum Gasteiger partial charge on any atom is 0.323 e. The fraction of sp³-hybridized carbons (Fsp3) is 0.625. The third-order valence-electron chi connectivity index (χ3n) is 1.91. The molecule has 0 aliphatic rings. The second kappa shape index (κ2) is 5.97. The standard InChI is InChI=1S/C8H16N4O3/c1-4-12(3)8(15)5(2)10-6(13)7(14)11-9/h5H,4,9H2,1-3H3,(H,10,13)(H,11,14). The number of rotatable bonds is 3. The highest BCUT2D eigenvalue weighted by Crippen LogP contribution is 1.91. The second-order valence-electron chi connectivity index (χ2n) is 3.02. The number of hydrogen-bond donors (Lipinski definition) is 3. The summed E-state index contributed by atoms with van der Waals surface area (Å²) < 4.78 is 0. The summed E-state index contributed by atoms with van der Waals surface area (Å²) in [5, 5.41) is 2.22. The number of hydrazine groups is 1. The highest BCUT2D eigenvalue weighted by molar-refractivity contribution is 6.35. The number of likely N-dealkylation sites (N-methyl/N-ethyl adjacent to an activating group) is 1. The number of nitrogens with zero attached hydrogens (tertiary/aromatic N) is 1. The van der Waals surface area contributed by atoms with Crippen LogP contribution in [0.3, 0.4) is 0 Å². The minimum absolute atomic E-state index is 0.268. The summed E-state index contributed by atoms with van der Waals surface area (Å²) in [6.45, 7) is 3.83. The summed E-state index contributed by atoms with van der Waals surface area (Å²) in [7, 11) is 1.61. The maximum atomic E-state index is 11.5. The summed E-state index contributed by atoms with van der Waals surface area (Å²) in [6.07, 6.45) is 0. The Bertz CT molecular complexity index is 267. The Kier molecular flexibility index (Phi) is 5.32. The first kappa shape index (κ1) is 13.4. The average Bonchev–Trinajstić information content (AvgIpc) is 2.25. The summed E-state index contributed by atoms with van der Waals surface area (Å²) in [6, 6.07) is -0.750. The van der Waals surface area contributed by atoms with Crippen molar-refractivity contribution >= 4 is 17.7 Å². The Hall–Kier alpha value is -1.63. The number of carbonyl (C=O) groups excluding carboxylic acids is 3. The molecule has 1 unspecified atom stereocenters. The van der Waals surface area contributed by atoms with Gasteiger partial charge in [0, 0.05) is 13.6 Å². The van der Waals surface area contributed by atoms with Gasteiger partial charge in [-0.15, -0.1) is 0 Å². The van der Waals surface area contributed by atoms with Gasteiger partial charge in [0.05, 0.1) is 0 Å². The first-order chi connectivity index (χ1) is 6.93. The minimum Gasteiger partial charge on any atom is -0.344 e. The zero-order valence-corrected chi connectivity index (χ0v) is 9.03. The van der Waals surface area contributed by atoms with Gasteiger partial charge in [0.2, 0.25) is 5.91 Å². The molecule has 0 aliphatic heterocycles. The van der Waals surface area contributed by atoms with Gasteiger partial charge in [-0.05, 0) is 13.8 Å². The van der Waals surface area contributed by atoms with Crippen molar-refractivity contribution < 1.29 is 14.4 Å². The number of hydrogen-bond acceptors (Lipinski definition) is 4. The Morgan fingerprint density at radius 3 is 2.27 bits per heavy atom. The van der Waals surface area contributed by atoms with E-state index < -0.39 is 17.9 Å². The summed E-state index contributed by atoms with van der Waals surface area (Å²) in [5.74, 6) is 2.58. The fourth-order valence-corrected chi connectivity index (χ4v) is 0.876. The van der Waals surface area contributed by atoms with Crippen LogP contribution in [0.4, 0.5) is 0 Å². The highest BCUT2D eigenvalue weighted by Gasteiger charge is 2.21. The van der Waals surface area contributed by atoms with E-state index in [0.29, 0.717) is 6.54 Å². The molecule has 0 saturated carbocycles. The van der Waals surface area contributed by atoms with Crippen LogP contribution in [0.5, 0.6) is 0 Å². The molecule has 0 aromatic rings. The van der Waals surface area contributed by atoms with E-state index in [4.69, 9.17) is 5.84 Å². The monoisotopic (exact) mass is 216 g/mol. The predicted octanol–water partition coefficient (Wildman–Crippen LogP) is -2.04. The summed E-state index contributed by atoms with van der Waals surface area (Å²) >= 11 is 0. The minimum atomic E-state index is -0.978. The molecule has 7 heteroatoms. The smallest absolute Gasteiger partial charge is 0.323 e. The molecule has 0 fully saturated rings. The van der Waals surface area contributed by atoms with Crippen molar-refractivity contribution in [2.75, 3.05) is 13.6 Å². The molecule has 0 radical (unpaired) electrons. The van der Waals surface area contributed by atoms with E-state index in [1.165, 1.54) is 11.8 Å². The maximum absolute atomic E-state index is 11.5. The van der Waals surface area contributed by atoms with Crippen LogP contribution in [-0.2, 0) is 14.4 Å². The second-order valence-corrected chi connectivity index (χ2v) is 3.02. The van der Waals surface area contributed by atoms with Gasteiger partial charge in [0.1, 0.15) is 6.04 Å². The van der Waals surface area contributed by atoms with Crippen LogP contribution in [0.1, 0.15) is 13.8 Å². The molecule has 0 aromatic carbocycles. The number of amides is 3. The quantitative estimate of drug-likeness (QED) is 0.219. The predicted molar refractivity (Wildman–Crippen MR) is 53.2 cm³/mol. The SMILES string of the molecule is CCN(C)C(=O)C(C)NC(=O)C(=O)NN. The molecule has 1 atom stereocenters. The summed E-state index contributed by atoms with van der Waals surface area (Å²) in [5.41, 5.74) is 1.68. The van der Waals surface area contributed by atoms with Crippen LogP contribution in [0, 0.1) is 0 Å². The van der Waals surface area contributed by atoms with Gasteiger partial charge in [-0.2, -0.15) is 0 Å². The van der Waals surface area contributed by atoms with Crippen LogP contribution < -0.4 is 16.6 Å². The van der Waals surface area contributed by atoms with Crippen molar-refractivity contribution in [2.24, 2.45) is 5.84 Å². The van der Waals surface area contributed by atoms with Gasteiger partial charge in [-0.1, -0.05) is 0 Å². The Morgan fingerprint density at radius 2 is 1.87 bits per heavy atom. The Morgan fingerprint density at radius 1 is 1.33 bits per heavy atom. The van der Waals surface area contributed by atoms with Crippen LogP contribution in [0.15, 0.2) is 0 Å². The highest BCUT2D eigenvalue weighted by atomic mass is 16.2. The van der Waals surface area contributed by atoms with Crippen molar-refractivity contribution in [2.45, 2.75) is 19.9 Å². The van der Waals surface area contributed by atoms with Crippen molar-refractivity contribution in [3.8, 4) is 0 Å². The zero-order valence-electron chi connectivity index (χ0n) is 9.03. The van der Waals surface area contributed by atoms with Gasteiger partial charge < -0.3 is 10.2 Å². The van der Waals surface area contributed by atoms with Crippen molar-refractivity contribution in [1.82, 2.24) is 15.6 Å². The van der Waals surface area contributed by atoms with E-state index in [1.807, 2.05) is 0 Å². The van der Waals surface area contributed by atoms with E-state index in [1.54, 1.807) is 19.4 Å². The van der Waals surface area contributed by atoms with Crippen LogP contribution in [0.2, 0.25) is 0 Å². The van der Waals surface area contributed by atoms with E-state index >= 15 is 0 Å². The third-order valence-corrected chi connectivity index (χ3v) is 1.91. The molecule has 0 rings (SSSR count). The largest absolute Gasteiger partial charge is 0.344 e. The van der Waals surface area contributed by atoms with E-state index in [-0.39, 0.29) is 5.91 Å². The average molecular weight is 216 g/mol. The van der Waals surface area contributed by atoms with Crippen LogP contribution in [-0.4, -0.2) is 42.3 Å². The Labute approximate surface area is 87.9 Å². The van der Waals surface area contributed by atoms with Crippen molar-refractivity contribution in [3.63, 3.8) is 0 Å². The van der Waals surface area contributed by atoms with E-state index in [9.17, 15) is 14.4 Å². The Balaban J connectivity index is 4.25. The van der Waals surface area contributed by atoms with Crippen molar-refractivity contribution in [3.05, 3.63) is 0 Å². The first-order valence-electron chi connectivity index (χ1n) is 4.50. The van der Waals surface area contributed by atoms with Gasteiger partial charge in [0.25, 0.3) is 0 Å². The molecular weight excluding hydrogens is 200 g/mol.